The Morgan fingerprint density at radius 1 is 0.963 bits per heavy atom. The Morgan fingerprint density at radius 2 is 1.63 bits per heavy atom. The number of nitrogens with one attached hydrogen (secondary N) is 2. The van der Waals surface area contributed by atoms with Crippen molar-refractivity contribution in [3.8, 4) is 23.0 Å². The second kappa shape index (κ2) is 9.28. The molecule has 1 saturated heterocycles. The van der Waals surface area contributed by atoms with Gasteiger partial charge in [0, 0.05) is 31.3 Å². The number of methoxy groups -OCH3 is 2. The van der Waals surface area contributed by atoms with E-state index in [1.54, 1.807) is 20.3 Å². The Hall–Kier alpha value is -2.73. The first kappa shape index (κ1) is 19.0. The maximum absolute atomic E-state index is 12.0. The lowest BCUT2D eigenvalue weighted by molar-refractivity contribution is -0.122. The number of carbonyl (C=O) groups excluding carboxylic acids is 1. The minimum absolute atomic E-state index is 0.0967. The van der Waals surface area contributed by atoms with Gasteiger partial charge in [0.2, 0.25) is 5.91 Å². The van der Waals surface area contributed by atoms with Gasteiger partial charge in [0.15, 0.2) is 0 Å². The highest BCUT2D eigenvalue weighted by atomic mass is 16.5. The van der Waals surface area contributed by atoms with Crippen molar-refractivity contribution >= 4 is 5.91 Å². The predicted octanol–water partition coefficient (Wildman–Crippen LogP) is 3.25. The molecule has 144 valence electrons. The van der Waals surface area contributed by atoms with Crippen molar-refractivity contribution in [1.29, 1.82) is 0 Å². The molecular weight excluding hydrogens is 344 g/mol. The highest BCUT2D eigenvalue weighted by Crippen LogP contribution is 2.30. The van der Waals surface area contributed by atoms with Gasteiger partial charge in [0.1, 0.15) is 23.0 Å². The number of rotatable bonds is 7. The fourth-order valence-electron chi connectivity index (χ4n) is 3.03. The van der Waals surface area contributed by atoms with E-state index in [1.165, 1.54) is 0 Å². The average Bonchev–Trinajstić information content (AvgIpc) is 2.91. The largest absolute Gasteiger partial charge is 0.496 e. The van der Waals surface area contributed by atoms with Crippen molar-refractivity contribution < 1.29 is 19.0 Å². The third-order valence-corrected chi connectivity index (χ3v) is 4.57. The molecule has 6 heteroatoms. The smallest absolute Gasteiger partial charge is 0.237 e. The van der Waals surface area contributed by atoms with Crippen molar-refractivity contribution in [3.63, 3.8) is 0 Å². The van der Waals surface area contributed by atoms with Gasteiger partial charge in [0.25, 0.3) is 0 Å². The van der Waals surface area contributed by atoms with Gasteiger partial charge >= 0.3 is 0 Å². The fraction of sp³-hybridized carbons (Fsp3) is 0.381. The standard InChI is InChI=1S/C21H26N2O4/c1-25-17-11-18(26-2)13-19(12-17)27-16-8-6-15(7-9-16)14-23-20-5-3-4-10-22-21(20)24/h6-9,11-13,20,23H,3-5,10,14H2,1-2H3,(H,22,24). The van der Waals surface area contributed by atoms with E-state index >= 15 is 0 Å². The van der Waals surface area contributed by atoms with E-state index in [-0.39, 0.29) is 11.9 Å². The molecule has 1 amide bonds. The Morgan fingerprint density at radius 3 is 2.30 bits per heavy atom. The first-order valence-corrected chi connectivity index (χ1v) is 9.19. The third-order valence-electron chi connectivity index (χ3n) is 4.57. The molecule has 27 heavy (non-hydrogen) atoms. The lowest BCUT2D eigenvalue weighted by Gasteiger charge is -2.15. The SMILES string of the molecule is COc1cc(OC)cc(Oc2ccc(CNC3CCCCNC3=O)cc2)c1. The zero-order valence-electron chi connectivity index (χ0n) is 15.8. The Kier molecular flexibility index (Phi) is 6.54. The molecule has 0 aliphatic carbocycles. The molecule has 6 nitrogen and oxygen atoms in total. The average molecular weight is 370 g/mol. The van der Waals surface area contributed by atoms with Crippen LogP contribution < -0.4 is 24.8 Å². The van der Waals surface area contributed by atoms with E-state index in [0.717, 1.165) is 37.1 Å². The molecule has 1 fully saturated rings. The van der Waals surface area contributed by atoms with Crippen molar-refractivity contribution in [1.82, 2.24) is 10.6 Å². The lowest BCUT2D eigenvalue weighted by Crippen LogP contribution is -2.42. The molecular formula is C21H26N2O4. The monoisotopic (exact) mass is 370 g/mol. The molecule has 0 bridgehead atoms. The summed E-state index contributed by atoms with van der Waals surface area (Å²) in [5, 5.41) is 6.29. The highest BCUT2D eigenvalue weighted by molar-refractivity contribution is 5.81. The molecule has 1 aliphatic heterocycles. The van der Waals surface area contributed by atoms with Gasteiger partial charge in [-0.05, 0) is 37.0 Å². The van der Waals surface area contributed by atoms with Crippen LogP contribution in [0.5, 0.6) is 23.0 Å². The first-order valence-electron chi connectivity index (χ1n) is 9.19. The minimum Gasteiger partial charge on any atom is -0.496 e. The molecule has 0 saturated carbocycles. The predicted molar refractivity (Wildman–Crippen MR) is 104 cm³/mol. The first-order chi connectivity index (χ1) is 13.2. The lowest BCUT2D eigenvalue weighted by atomic mass is 10.1. The van der Waals surface area contributed by atoms with Crippen LogP contribution in [0.25, 0.3) is 0 Å². The van der Waals surface area contributed by atoms with E-state index < -0.39 is 0 Å². The Bertz CT molecular complexity index is 739. The maximum atomic E-state index is 12.0. The molecule has 1 unspecified atom stereocenters. The van der Waals surface area contributed by atoms with Gasteiger partial charge in [-0.3, -0.25) is 4.79 Å². The van der Waals surface area contributed by atoms with Crippen LogP contribution in [0.15, 0.2) is 42.5 Å². The topological polar surface area (TPSA) is 68.8 Å². The summed E-state index contributed by atoms with van der Waals surface area (Å²) in [4.78, 5) is 12.0. The number of carbonyl (C=O) groups is 1. The van der Waals surface area contributed by atoms with Gasteiger partial charge in [-0.1, -0.05) is 12.1 Å². The summed E-state index contributed by atoms with van der Waals surface area (Å²) in [6.45, 7) is 1.42. The summed E-state index contributed by atoms with van der Waals surface area (Å²) in [6, 6.07) is 13.1. The number of ether oxygens (including phenoxy) is 3. The van der Waals surface area contributed by atoms with Crippen molar-refractivity contribution in [3.05, 3.63) is 48.0 Å². The Balaban J connectivity index is 1.59. The number of hydrogen-bond donors (Lipinski definition) is 2. The van der Waals surface area contributed by atoms with E-state index in [1.807, 2.05) is 36.4 Å². The zero-order chi connectivity index (χ0) is 19.1. The van der Waals surface area contributed by atoms with E-state index in [0.29, 0.717) is 23.8 Å². The van der Waals surface area contributed by atoms with Crippen molar-refractivity contribution in [2.45, 2.75) is 31.8 Å². The minimum atomic E-state index is -0.118. The van der Waals surface area contributed by atoms with Gasteiger partial charge in [-0.25, -0.2) is 0 Å². The summed E-state index contributed by atoms with van der Waals surface area (Å²) in [5.74, 6) is 2.81. The molecule has 0 aromatic heterocycles. The van der Waals surface area contributed by atoms with Crippen LogP contribution in [0.2, 0.25) is 0 Å². The van der Waals surface area contributed by atoms with E-state index in [9.17, 15) is 4.79 Å². The van der Waals surface area contributed by atoms with E-state index in [4.69, 9.17) is 14.2 Å². The quantitative estimate of drug-likeness (QED) is 0.783. The van der Waals surface area contributed by atoms with Crippen molar-refractivity contribution in [2.24, 2.45) is 0 Å². The number of hydrogen-bond acceptors (Lipinski definition) is 5. The second-order valence-corrected chi connectivity index (χ2v) is 6.51. The van der Waals surface area contributed by atoms with Crippen LogP contribution in [-0.2, 0) is 11.3 Å². The third kappa shape index (κ3) is 5.37. The summed E-state index contributed by atoms with van der Waals surface area (Å²) in [7, 11) is 3.21. The molecule has 2 aromatic rings. The number of benzene rings is 2. The highest BCUT2D eigenvalue weighted by Gasteiger charge is 2.19. The molecule has 0 radical (unpaired) electrons. The molecule has 2 aromatic carbocycles. The summed E-state index contributed by atoms with van der Waals surface area (Å²) in [5.41, 5.74) is 1.10. The summed E-state index contributed by atoms with van der Waals surface area (Å²) in [6.07, 6.45) is 2.99. The van der Waals surface area contributed by atoms with Crippen LogP contribution >= 0.6 is 0 Å². The van der Waals surface area contributed by atoms with Gasteiger partial charge < -0.3 is 24.8 Å². The van der Waals surface area contributed by atoms with Crippen LogP contribution in [0.3, 0.4) is 0 Å². The van der Waals surface area contributed by atoms with Gasteiger partial charge in [-0.15, -0.1) is 0 Å². The molecule has 1 aliphatic rings. The van der Waals surface area contributed by atoms with Crippen molar-refractivity contribution in [2.75, 3.05) is 20.8 Å². The van der Waals surface area contributed by atoms with Crippen LogP contribution in [0, 0.1) is 0 Å². The Labute approximate surface area is 159 Å². The number of amides is 1. The zero-order valence-corrected chi connectivity index (χ0v) is 15.8. The summed E-state index contributed by atoms with van der Waals surface area (Å²) >= 11 is 0. The molecule has 1 atom stereocenters. The van der Waals surface area contributed by atoms with Gasteiger partial charge in [-0.2, -0.15) is 0 Å². The molecule has 2 N–H and O–H groups in total. The normalized spacial score (nSPS) is 17.0. The maximum Gasteiger partial charge on any atom is 0.237 e. The summed E-state index contributed by atoms with van der Waals surface area (Å²) < 4.78 is 16.4. The van der Waals surface area contributed by atoms with Crippen LogP contribution in [0.4, 0.5) is 0 Å². The molecule has 3 rings (SSSR count). The van der Waals surface area contributed by atoms with Gasteiger partial charge in [0.05, 0.1) is 20.3 Å². The second-order valence-electron chi connectivity index (χ2n) is 6.51. The fourth-order valence-corrected chi connectivity index (χ4v) is 3.03. The molecule has 1 heterocycles. The van der Waals surface area contributed by atoms with Crippen LogP contribution in [-0.4, -0.2) is 32.7 Å². The van der Waals surface area contributed by atoms with Crippen LogP contribution in [0.1, 0.15) is 24.8 Å². The van der Waals surface area contributed by atoms with E-state index in [2.05, 4.69) is 10.6 Å². The molecule has 0 spiro atoms.